The van der Waals surface area contributed by atoms with Crippen molar-refractivity contribution in [1.29, 1.82) is 5.26 Å². The molecule has 3 aliphatic carbocycles. The number of nitrogens with zero attached hydrogens (tertiary/aromatic N) is 1. The largest absolute Gasteiger partial charge is 0.463 e. The van der Waals surface area contributed by atoms with Crippen LogP contribution in [0.25, 0.3) is 0 Å². The first-order valence-corrected chi connectivity index (χ1v) is 14.3. The molecule has 0 aromatic heterocycles. The topological polar surface area (TPSA) is 109 Å². The number of aliphatic hydroxyl groups is 2. The third kappa shape index (κ3) is 3.01. The van der Waals surface area contributed by atoms with E-state index in [-0.39, 0.29) is 43.3 Å². The van der Waals surface area contributed by atoms with Crippen LogP contribution in [-0.2, 0) is 18.7 Å². The molecule has 2 aliphatic heterocycles. The van der Waals surface area contributed by atoms with Crippen LogP contribution in [0.4, 0.5) is 0 Å². The van der Waals surface area contributed by atoms with Gasteiger partial charge in [0.25, 0.3) is 0 Å². The number of carbonyl (C=O) groups is 1. The Kier molecular flexibility index (Phi) is 5.89. The molecule has 6 bridgehead atoms. The number of hydrogen-bond donors (Lipinski definition) is 2. The van der Waals surface area contributed by atoms with Crippen LogP contribution in [0.2, 0.25) is 18.1 Å². The molecule has 5 aliphatic rings. The molecular formula is C23H35NO6Si. The Labute approximate surface area is 185 Å². The van der Waals surface area contributed by atoms with Crippen molar-refractivity contribution in [1.82, 2.24) is 0 Å². The SMILES string of the molecule is CCOC(=O)C1=C[C@@H]2[C@H]3C[C@@]4(C#N)OC2(O[Si](CC)(CC)CC)[C@@H]([C@H](O)C1)[C@H]4C3CO. The molecule has 0 radical (unpaired) electrons. The molecule has 0 amide bonds. The van der Waals surface area contributed by atoms with Crippen molar-refractivity contribution in [2.75, 3.05) is 13.2 Å². The number of nitriles is 1. The predicted molar refractivity (Wildman–Crippen MR) is 115 cm³/mol. The van der Waals surface area contributed by atoms with Crippen molar-refractivity contribution in [3.05, 3.63) is 11.6 Å². The van der Waals surface area contributed by atoms with E-state index in [9.17, 15) is 20.3 Å². The fourth-order valence-corrected chi connectivity index (χ4v) is 10.0. The van der Waals surface area contributed by atoms with Gasteiger partial charge in [-0.3, -0.25) is 0 Å². The third-order valence-electron chi connectivity index (χ3n) is 8.68. The quantitative estimate of drug-likeness (QED) is 0.433. The van der Waals surface area contributed by atoms with Crippen molar-refractivity contribution in [3.63, 3.8) is 0 Å². The molecule has 2 heterocycles. The zero-order chi connectivity index (χ0) is 22.6. The second-order valence-electron chi connectivity index (χ2n) is 9.65. The van der Waals surface area contributed by atoms with Crippen molar-refractivity contribution in [2.45, 2.75) is 76.2 Å². The van der Waals surface area contributed by atoms with E-state index in [1.807, 2.05) is 6.08 Å². The molecule has 2 saturated heterocycles. The van der Waals surface area contributed by atoms with Crippen LogP contribution in [0.5, 0.6) is 0 Å². The van der Waals surface area contributed by atoms with Gasteiger partial charge in [0.2, 0.25) is 0 Å². The van der Waals surface area contributed by atoms with Gasteiger partial charge in [-0.2, -0.15) is 5.26 Å². The minimum absolute atomic E-state index is 0.0355. The van der Waals surface area contributed by atoms with Gasteiger partial charge < -0.3 is 24.1 Å². The molecular weight excluding hydrogens is 414 g/mol. The van der Waals surface area contributed by atoms with Gasteiger partial charge >= 0.3 is 5.97 Å². The fourth-order valence-electron chi connectivity index (χ4n) is 7.11. The van der Waals surface area contributed by atoms with Crippen LogP contribution >= 0.6 is 0 Å². The Bertz CT molecular complexity index is 798. The maximum absolute atomic E-state index is 12.7. The van der Waals surface area contributed by atoms with Crippen molar-refractivity contribution >= 4 is 14.3 Å². The van der Waals surface area contributed by atoms with Crippen LogP contribution < -0.4 is 0 Å². The lowest BCUT2D eigenvalue weighted by Crippen LogP contribution is -2.62. The summed E-state index contributed by atoms with van der Waals surface area (Å²) in [6.45, 7) is 8.38. The van der Waals surface area contributed by atoms with Gasteiger partial charge in [-0.1, -0.05) is 26.8 Å². The van der Waals surface area contributed by atoms with Crippen molar-refractivity contribution < 1.29 is 28.9 Å². The number of ether oxygens (including phenoxy) is 2. The van der Waals surface area contributed by atoms with E-state index in [2.05, 4.69) is 26.8 Å². The van der Waals surface area contributed by atoms with E-state index in [0.717, 1.165) is 18.1 Å². The first-order chi connectivity index (χ1) is 14.8. The van der Waals surface area contributed by atoms with Crippen LogP contribution in [0.3, 0.4) is 0 Å². The minimum Gasteiger partial charge on any atom is -0.463 e. The van der Waals surface area contributed by atoms with Crippen LogP contribution in [-0.4, -0.2) is 55.2 Å². The highest BCUT2D eigenvalue weighted by atomic mass is 28.4. The van der Waals surface area contributed by atoms with Gasteiger partial charge in [0.05, 0.1) is 18.8 Å². The highest BCUT2D eigenvalue weighted by molar-refractivity contribution is 6.73. The molecule has 7 nitrogen and oxygen atoms in total. The Morgan fingerprint density at radius 1 is 1.29 bits per heavy atom. The number of rotatable bonds is 8. The lowest BCUT2D eigenvalue weighted by molar-refractivity contribution is -0.282. The second kappa shape index (κ2) is 7.96. The summed E-state index contributed by atoms with van der Waals surface area (Å²) in [6.07, 6.45) is 1.61. The zero-order valence-corrected chi connectivity index (χ0v) is 20.0. The Morgan fingerprint density at radius 2 is 1.97 bits per heavy atom. The Balaban J connectivity index is 1.89. The van der Waals surface area contributed by atoms with Gasteiger partial charge in [-0.15, -0.1) is 0 Å². The third-order valence-corrected chi connectivity index (χ3v) is 13.3. The predicted octanol–water partition coefficient (Wildman–Crippen LogP) is 2.74. The summed E-state index contributed by atoms with van der Waals surface area (Å²) in [6, 6.07) is 5.15. The molecule has 0 aromatic carbocycles. The highest BCUT2D eigenvalue weighted by Crippen LogP contribution is 2.72. The normalized spacial score (nSPS) is 42.8. The van der Waals surface area contributed by atoms with E-state index >= 15 is 0 Å². The average molecular weight is 450 g/mol. The van der Waals surface area contributed by atoms with Crippen molar-refractivity contribution in [3.8, 4) is 6.07 Å². The molecule has 172 valence electrons. The molecule has 8 atom stereocenters. The molecule has 2 saturated carbocycles. The second-order valence-corrected chi connectivity index (χ2v) is 14.3. The number of aliphatic hydroxyl groups excluding tert-OH is 2. The van der Waals surface area contributed by atoms with Gasteiger partial charge in [-0.05, 0) is 43.3 Å². The summed E-state index contributed by atoms with van der Waals surface area (Å²) >= 11 is 0. The molecule has 31 heavy (non-hydrogen) atoms. The van der Waals surface area contributed by atoms with Gasteiger partial charge in [0, 0.05) is 36.4 Å². The summed E-state index contributed by atoms with van der Waals surface area (Å²) in [4.78, 5) is 12.7. The Hall–Kier alpha value is -1.24. The highest BCUT2D eigenvalue weighted by Gasteiger charge is 2.80. The summed E-state index contributed by atoms with van der Waals surface area (Å²) in [7, 11) is -2.19. The first kappa shape index (κ1) is 22.9. The number of hydrogen-bond acceptors (Lipinski definition) is 7. The average Bonchev–Trinajstić information content (AvgIpc) is 3.13. The lowest BCUT2D eigenvalue weighted by Gasteiger charge is -2.54. The fraction of sp³-hybridized carbons (Fsp3) is 0.826. The van der Waals surface area contributed by atoms with Crippen LogP contribution in [0.1, 0.15) is 40.5 Å². The monoisotopic (exact) mass is 449 g/mol. The molecule has 8 heteroatoms. The number of esters is 1. The maximum atomic E-state index is 12.7. The molecule has 4 fully saturated rings. The smallest absolute Gasteiger partial charge is 0.333 e. The van der Waals surface area contributed by atoms with Gasteiger partial charge in [0.15, 0.2) is 19.7 Å². The van der Waals surface area contributed by atoms with E-state index in [0.29, 0.717) is 12.0 Å². The Morgan fingerprint density at radius 3 is 2.52 bits per heavy atom. The van der Waals surface area contributed by atoms with Crippen molar-refractivity contribution in [2.24, 2.45) is 29.6 Å². The maximum Gasteiger partial charge on any atom is 0.333 e. The molecule has 2 unspecified atom stereocenters. The summed E-state index contributed by atoms with van der Waals surface area (Å²) in [5, 5.41) is 31.9. The van der Waals surface area contributed by atoms with E-state index in [4.69, 9.17) is 13.9 Å². The summed E-state index contributed by atoms with van der Waals surface area (Å²) in [5.74, 6) is -2.83. The summed E-state index contributed by atoms with van der Waals surface area (Å²) < 4.78 is 19.0. The molecule has 0 spiro atoms. The minimum atomic E-state index is -2.19. The molecule has 0 aromatic rings. The van der Waals surface area contributed by atoms with Gasteiger partial charge in [0.1, 0.15) is 0 Å². The zero-order valence-electron chi connectivity index (χ0n) is 19.0. The standard InChI is InChI=1S/C23H35NO6Si/c1-5-28-21(27)14-9-17-15-11-22(13-24)19(16(15)12-25)20(18(26)10-14)23(17,29-22)30-31(6-2,7-3)8-4/h9,15-20,25-26H,5-8,10-12H2,1-4H3/t15-,16?,17+,18+,19+,20-,22-,23?/m0/s1. The van der Waals surface area contributed by atoms with Crippen LogP contribution in [0, 0.1) is 40.9 Å². The van der Waals surface area contributed by atoms with Crippen LogP contribution in [0.15, 0.2) is 11.6 Å². The van der Waals surface area contributed by atoms with E-state index < -0.39 is 37.7 Å². The van der Waals surface area contributed by atoms with E-state index in [1.54, 1.807) is 6.92 Å². The van der Waals surface area contributed by atoms with Gasteiger partial charge in [-0.25, -0.2) is 4.79 Å². The lowest BCUT2D eigenvalue weighted by atomic mass is 9.63. The first-order valence-electron chi connectivity index (χ1n) is 11.8. The van der Waals surface area contributed by atoms with E-state index in [1.165, 1.54) is 0 Å². The number of carbonyl (C=O) groups excluding carboxylic acids is 1. The molecule has 5 rings (SSSR count). The molecule has 2 N–H and O–H groups in total. The summed E-state index contributed by atoms with van der Waals surface area (Å²) in [5.41, 5.74) is -0.603.